The lowest BCUT2D eigenvalue weighted by Gasteiger charge is -2.14. The Labute approximate surface area is 153 Å². The molecule has 132 valence electrons. The Morgan fingerprint density at radius 2 is 2.04 bits per heavy atom. The summed E-state index contributed by atoms with van der Waals surface area (Å²) in [6.45, 7) is 0. The number of nitrogens with one attached hydrogen (secondary N) is 1. The van der Waals surface area contributed by atoms with Crippen LogP contribution >= 0.6 is 0 Å². The van der Waals surface area contributed by atoms with Crippen LogP contribution in [0.15, 0.2) is 67.5 Å². The van der Waals surface area contributed by atoms with Crippen molar-refractivity contribution in [2.75, 3.05) is 0 Å². The van der Waals surface area contributed by atoms with Crippen LogP contribution in [0.2, 0.25) is 0 Å². The summed E-state index contributed by atoms with van der Waals surface area (Å²) >= 11 is 0. The van der Waals surface area contributed by atoms with E-state index in [0.29, 0.717) is 0 Å². The van der Waals surface area contributed by atoms with E-state index < -0.39 is 11.9 Å². The molecule has 5 rings (SSSR count). The largest absolute Gasteiger partial charge is 0.368 e. The number of primary amides is 1. The molecule has 0 spiro atoms. The van der Waals surface area contributed by atoms with Crippen LogP contribution in [0.25, 0.3) is 27.7 Å². The van der Waals surface area contributed by atoms with Gasteiger partial charge in [0.15, 0.2) is 11.7 Å². The minimum Gasteiger partial charge on any atom is -0.368 e. The molecule has 0 saturated heterocycles. The molecule has 1 amide bonds. The summed E-state index contributed by atoms with van der Waals surface area (Å²) in [6.07, 6.45) is 8.73. The van der Waals surface area contributed by atoms with E-state index in [1.54, 1.807) is 15.4 Å². The molecule has 27 heavy (non-hydrogen) atoms. The predicted octanol–water partition coefficient (Wildman–Crippen LogP) is 2.15. The number of nitrogens with zero attached hydrogens (tertiary/aromatic N) is 5. The van der Waals surface area contributed by atoms with Crippen molar-refractivity contribution in [2.24, 2.45) is 5.73 Å². The number of carbonyl (C=O) groups is 1. The molecule has 4 heterocycles. The first-order valence-electron chi connectivity index (χ1n) is 8.39. The second-order valence-corrected chi connectivity index (χ2v) is 6.32. The maximum Gasteiger partial charge on any atom is 0.246 e. The number of benzene rings is 1. The summed E-state index contributed by atoms with van der Waals surface area (Å²) in [5.41, 5.74) is 9.97. The van der Waals surface area contributed by atoms with Gasteiger partial charge >= 0.3 is 0 Å². The van der Waals surface area contributed by atoms with E-state index >= 15 is 0 Å². The second-order valence-electron chi connectivity index (χ2n) is 6.32. The smallest absolute Gasteiger partial charge is 0.246 e. The van der Waals surface area contributed by atoms with Crippen LogP contribution in [0.4, 0.5) is 0 Å². The maximum absolute atomic E-state index is 12.2. The third-order valence-corrected chi connectivity index (χ3v) is 4.64. The van der Waals surface area contributed by atoms with Crippen LogP contribution in [0.5, 0.6) is 0 Å². The molecular formula is C19H15N7O. The number of hydrogen-bond donors (Lipinski definition) is 2. The third-order valence-electron chi connectivity index (χ3n) is 4.64. The number of aromatic amines is 1. The average Bonchev–Trinajstić information content (AvgIpc) is 3.41. The van der Waals surface area contributed by atoms with Gasteiger partial charge < -0.3 is 10.7 Å². The molecule has 8 heteroatoms. The molecule has 0 fully saturated rings. The number of carbonyl (C=O) groups excluding carboxylic acids is 1. The molecular weight excluding hydrogens is 342 g/mol. The Bertz CT molecular complexity index is 1280. The van der Waals surface area contributed by atoms with Crippen LogP contribution in [-0.4, -0.2) is 35.3 Å². The zero-order valence-electron chi connectivity index (χ0n) is 14.1. The van der Waals surface area contributed by atoms with Crippen molar-refractivity contribution in [1.29, 1.82) is 0 Å². The standard InChI is InChI=1S/C19H15N7O/c20-19(27)18(14-2-1-12-3-5-21-16(12)7-14)26-10-15(9-23-26)13-4-6-25-17(8-13)22-11-24-25/h1-11,18,21H,(H2,20,27). The third kappa shape index (κ3) is 2.54. The van der Waals surface area contributed by atoms with Gasteiger partial charge in [-0.25, -0.2) is 9.50 Å². The maximum atomic E-state index is 12.2. The molecule has 0 aliphatic carbocycles. The van der Waals surface area contributed by atoms with Crippen molar-refractivity contribution in [3.05, 3.63) is 73.1 Å². The Morgan fingerprint density at radius 3 is 2.93 bits per heavy atom. The first kappa shape index (κ1) is 15.3. The van der Waals surface area contributed by atoms with Gasteiger partial charge in [0, 0.05) is 29.7 Å². The number of pyridine rings is 1. The number of nitrogens with two attached hydrogens (primary N) is 1. The molecule has 1 atom stereocenters. The molecule has 0 saturated carbocycles. The van der Waals surface area contributed by atoms with Gasteiger partial charge in [0.2, 0.25) is 5.91 Å². The highest BCUT2D eigenvalue weighted by atomic mass is 16.1. The van der Waals surface area contributed by atoms with Gasteiger partial charge in [0.1, 0.15) is 6.33 Å². The molecule has 1 aromatic carbocycles. The van der Waals surface area contributed by atoms with Gasteiger partial charge in [-0.2, -0.15) is 10.2 Å². The monoisotopic (exact) mass is 357 g/mol. The fraction of sp³-hybridized carbons (Fsp3) is 0.0526. The number of amides is 1. The van der Waals surface area contributed by atoms with Crippen molar-refractivity contribution >= 4 is 22.5 Å². The van der Waals surface area contributed by atoms with Crippen LogP contribution in [-0.2, 0) is 4.79 Å². The van der Waals surface area contributed by atoms with Gasteiger partial charge in [0.25, 0.3) is 0 Å². The summed E-state index contributed by atoms with van der Waals surface area (Å²) in [4.78, 5) is 19.5. The summed E-state index contributed by atoms with van der Waals surface area (Å²) in [5.74, 6) is -0.469. The van der Waals surface area contributed by atoms with Crippen molar-refractivity contribution < 1.29 is 4.79 Å². The molecule has 0 aliphatic rings. The van der Waals surface area contributed by atoms with E-state index in [1.165, 1.54) is 6.33 Å². The van der Waals surface area contributed by atoms with Gasteiger partial charge in [-0.05, 0) is 40.8 Å². The highest BCUT2D eigenvalue weighted by molar-refractivity contribution is 5.85. The fourth-order valence-electron chi connectivity index (χ4n) is 3.31. The van der Waals surface area contributed by atoms with Crippen LogP contribution in [0.1, 0.15) is 11.6 Å². The predicted molar refractivity (Wildman–Crippen MR) is 99.8 cm³/mol. The average molecular weight is 357 g/mol. The number of H-pyrrole nitrogens is 1. The first-order chi connectivity index (χ1) is 13.2. The highest BCUT2D eigenvalue weighted by Crippen LogP contribution is 2.25. The van der Waals surface area contributed by atoms with Gasteiger partial charge in [-0.15, -0.1) is 0 Å². The second kappa shape index (κ2) is 5.80. The Morgan fingerprint density at radius 1 is 1.11 bits per heavy atom. The quantitative estimate of drug-likeness (QED) is 0.514. The summed E-state index contributed by atoms with van der Waals surface area (Å²) in [5, 5.41) is 9.55. The summed E-state index contributed by atoms with van der Waals surface area (Å²) in [6, 6.07) is 10.9. The Balaban J connectivity index is 1.56. The van der Waals surface area contributed by atoms with E-state index in [-0.39, 0.29) is 0 Å². The number of aromatic nitrogens is 6. The van der Waals surface area contributed by atoms with Crippen molar-refractivity contribution in [2.45, 2.75) is 6.04 Å². The van der Waals surface area contributed by atoms with E-state index in [1.807, 2.05) is 55.0 Å². The minimum atomic E-state index is -0.691. The molecule has 1 unspecified atom stereocenters. The highest BCUT2D eigenvalue weighted by Gasteiger charge is 2.22. The number of fused-ring (bicyclic) bond motifs is 2. The SMILES string of the molecule is NC(=O)C(c1ccc2cc[nH]c2c1)n1cc(-c2ccn3ncnc3c2)cn1. The van der Waals surface area contributed by atoms with E-state index in [4.69, 9.17) is 5.73 Å². The molecule has 8 nitrogen and oxygen atoms in total. The molecule has 3 N–H and O–H groups in total. The minimum absolute atomic E-state index is 0.469. The lowest BCUT2D eigenvalue weighted by molar-refractivity contribution is -0.120. The van der Waals surface area contributed by atoms with Crippen molar-refractivity contribution in [3.8, 4) is 11.1 Å². The normalized spacial score (nSPS) is 12.6. The Kier molecular flexibility index (Phi) is 3.29. The lowest BCUT2D eigenvalue weighted by Crippen LogP contribution is -2.27. The zero-order chi connectivity index (χ0) is 18.4. The zero-order valence-corrected chi connectivity index (χ0v) is 14.1. The first-order valence-corrected chi connectivity index (χ1v) is 8.39. The fourth-order valence-corrected chi connectivity index (χ4v) is 3.31. The Hall–Kier alpha value is -3.94. The van der Waals surface area contributed by atoms with Gasteiger partial charge in [-0.1, -0.05) is 12.1 Å². The van der Waals surface area contributed by atoms with Crippen LogP contribution in [0, 0.1) is 0 Å². The lowest BCUT2D eigenvalue weighted by atomic mass is 10.0. The topological polar surface area (TPSA) is 107 Å². The van der Waals surface area contributed by atoms with E-state index in [9.17, 15) is 4.79 Å². The van der Waals surface area contributed by atoms with Crippen LogP contribution < -0.4 is 5.73 Å². The molecule has 5 aromatic rings. The van der Waals surface area contributed by atoms with Gasteiger partial charge in [-0.3, -0.25) is 9.48 Å². The molecule has 0 bridgehead atoms. The molecule has 0 radical (unpaired) electrons. The summed E-state index contributed by atoms with van der Waals surface area (Å²) in [7, 11) is 0. The molecule has 0 aliphatic heterocycles. The van der Waals surface area contributed by atoms with Gasteiger partial charge in [0.05, 0.1) is 6.20 Å². The van der Waals surface area contributed by atoms with E-state index in [0.717, 1.165) is 33.2 Å². The number of hydrogen-bond acceptors (Lipinski definition) is 4. The summed E-state index contributed by atoms with van der Waals surface area (Å²) < 4.78 is 3.28. The molecule has 4 aromatic heterocycles. The van der Waals surface area contributed by atoms with Crippen LogP contribution in [0.3, 0.4) is 0 Å². The van der Waals surface area contributed by atoms with E-state index in [2.05, 4.69) is 20.2 Å². The number of rotatable bonds is 4. The van der Waals surface area contributed by atoms with Crippen molar-refractivity contribution in [3.63, 3.8) is 0 Å². The van der Waals surface area contributed by atoms with Crippen molar-refractivity contribution in [1.82, 2.24) is 29.4 Å².